The van der Waals surface area contributed by atoms with E-state index < -0.39 is 0 Å². The fourth-order valence-electron chi connectivity index (χ4n) is 1.24. The van der Waals surface area contributed by atoms with E-state index in [0.717, 1.165) is 0 Å². The Hall–Kier alpha value is -1.94. The summed E-state index contributed by atoms with van der Waals surface area (Å²) in [6, 6.07) is 6.72. The Labute approximate surface area is 103 Å². The van der Waals surface area contributed by atoms with Gasteiger partial charge in [0.15, 0.2) is 5.78 Å². The number of ketones is 1. The highest BCUT2D eigenvalue weighted by molar-refractivity contribution is 6.32. The number of hydrogen-bond acceptors (Lipinski definition) is 4. The SMILES string of the molecule is CC(=O)c1ccc(Oc2ncccn2)c(Cl)c1. The summed E-state index contributed by atoms with van der Waals surface area (Å²) in [4.78, 5) is 19.0. The second kappa shape index (κ2) is 4.93. The van der Waals surface area contributed by atoms with E-state index in [2.05, 4.69) is 9.97 Å². The molecule has 1 aromatic carbocycles. The van der Waals surface area contributed by atoms with Crippen LogP contribution in [0.4, 0.5) is 0 Å². The van der Waals surface area contributed by atoms with Gasteiger partial charge in [-0.15, -0.1) is 0 Å². The van der Waals surface area contributed by atoms with Gasteiger partial charge in [0.1, 0.15) is 5.75 Å². The quantitative estimate of drug-likeness (QED) is 0.783. The van der Waals surface area contributed by atoms with E-state index >= 15 is 0 Å². The summed E-state index contributed by atoms with van der Waals surface area (Å²) in [5, 5.41) is 0.352. The zero-order valence-corrected chi connectivity index (χ0v) is 9.81. The van der Waals surface area contributed by atoms with Gasteiger partial charge in [-0.1, -0.05) is 11.6 Å². The van der Waals surface area contributed by atoms with Crippen LogP contribution in [0.3, 0.4) is 0 Å². The molecule has 1 aromatic heterocycles. The van der Waals surface area contributed by atoms with E-state index in [9.17, 15) is 4.79 Å². The van der Waals surface area contributed by atoms with Crippen molar-refractivity contribution in [1.82, 2.24) is 9.97 Å². The van der Waals surface area contributed by atoms with E-state index in [1.54, 1.807) is 36.7 Å². The van der Waals surface area contributed by atoms with Crippen molar-refractivity contribution in [3.8, 4) is 11.8 Å². The van der Waals surface area contributed by atoms with Gasteiger partial charge in [-0.3, -0.25) is 4.79 Å². The minimum absolute atomic E-state index is 0.0468. The largest absolute Gasteiger partial charge is 0.423 e. The average molecular weight is 249 g/mol. The van der Waals surface area contributed by atoms with Crippen molar-refractivity contribution in [1.29, 1.82) is 0 Å². The van der Waals surface area contributed by atoms with Crippen LogP contribution in [0.5, 0.6) is 11.8 Å². The van der Waals surface area contributed by atoms with Crippen molar-refractivity contribution in [2.45, 2.75) is 6.92 Å². The minimum Gasteiger partial charge on any atom is -0.423 e. The van der Waals surface area contributed by atoms with E-state index in [-0.39, 0.29) is 11.8 Å². The van der Waals surface area contributed by atoms with Crippen LogP contribution in [0.25, 0.3) is 0 Å². The summed E-state index contributed by atoms with van der Waals surface area (Å²) >= 11 is 5.99. The van der Waals surface area contributed by atoms with Crippen LogP contribution >= 0.6 is 11.6 Å². The first kappa shape index (κ1) is 11.5. The van der Waals surface area contributed by atoms with Crippen LogP contribution in [0, 0.1) is 0 Å². The molecule has 0 aliphatic rings. The molecule has 0 amide bonds. The van der Waals surface area contributed by atoms with E-state index in [1.165, 1.54) is 6.92 Å². The topological polar surface area (TPSA) is 52.1 Å². The molecule has 0 saturated carbocycles. The fourth-order valence-corrected chi connectivity index (χ4v) is 1.46. The summed E-state index contributed by atoms with van der Waals surface area (Å²) in [6.07, 6.45) is 3.14. The number of aromatic nitrogens is 2. The Bertz CT molecular complexity index is 543. The lowest BCUT2D eigenvalue weighted by molar-refractivity contribution is 0.101. The molecule has 86 valence electrons. The number of halogens is 1. The molecule has 0 spiro atoms. The van der Waals surface area contributed by atoms with Crippen molar-refractivity contribution < 1.29 is 9.53 Å². The van der Waals surface area contributed by atoms with Crippen molar-refractivity contribution >= 4 is 17.4 Å². The van der Waals surface area contributed by atoms with Gasteiger partial charge in [0.25, 0.3) is 0 Å². The molecule has 1 heterocycles. The number of carbonyl (C=O) groups is 1. The first-order valence-electron chi connectivity index (χ1n) is 4.92. The highest BCUT2D eigenvalue weighted by Crippen LogP contribution is 2.28. The molecule has 2 rings (SSSR count). The molecule has 4 nitrogen and oxygen atoms in total. The molecule has 0 aliphatic carbocycles. The lowest BCUT2D eigenvalue weighted by Gasteiger charge is -2.06. The fraction of sp³-hybridized carbons (Fsp3) is 0.0833. The Morgan fingerprint density at radius 3 is 2.59 bits per heavy atom. The lowest BCUT2D eigenvalue weighted by Crippen LogP contribution is -1.94. The Morgan fingerprint density at radius 2 is 2.00 bits per heavy atom. The summed E-state index contributed by atoms with van der Waals surface area (Å²) < 4.78 is 5.38. The van der Waals surface area contributed by atoms with E-state index in [0.29, 0.717) is 16.3 Å². The van der Waals surface area contributed by atoms with Gasteiger partial charge in [-0.05, 0) is 31.2 Å². The second-order valence-corrected chi connectivity index (χ2v) is 3.74. The Morgan fingerprint density at radius 1 is 1.29 bits per heavy atom. The summed E-state index contributed by atoms with van der Waals surface area (Å²) in [5.74, 6) is 0.372. The third-order valence-corrected chi connectivity index (χ3v) is 2.38. The monoisotopic (exact) mass is 248 g/mol. The number of benzene rings is 1. The summed E-state index contributed by atoms with van der Waals surface area (Å²) in [5.41, 5.74) is 0.538. The number of rotatable bonds is 3. The van der Waals surface area contributed by atoms with Gasteiger partial charge >= 0.3 is 6.01 Å². The normalized spacial score (nSPS) is 10.0. The third kappa shape index (κ3) is 2.79. The van der Waals surface area contributed by atoms with Crippen LogP contribution in [-0.2, 0) is 0 Å². The van der Waals surface area contributed by atoms with Gasteiger partial charge in [0.2, 0.25) is 0 Å². The highest BCUT2D eigenvalue weighted by atomic mass is 35.5. The molecular weight excluding hydrogens is 240 g/mol. The highest BCUT2D eigenvalue weighted by Gasteiger charge is 2.07. The molecular formula is C12H9ClN2O2. The summed E-state index contributed by atoms with van der Waals surface area (Å²) in [7, 11) is 0. The molecule has 5 heteroatoms. The molecule has 0 fully saturated rings. The third-order valence-electron chi connectivity index (χ3n) is 2.08. The summed E-state index contributed by atoms with van der Waals surface area (Å²) in [6.45, 7) is 1.48. The van der Waals surface area contributed by atoms with Gasteiger partial charge in [-0.2, -0.15) is 0 Å². The van der Waals surface area contributed by atoms with Crippen LogP contribution < -0.4 is 4.74 Å². The average Bonchev–Trinajstić information content (AvgIpc) is 2.33. The Kier molecular flexibility index (Phi) is 3.35. The molecule has 2 aromatic rings. The van der Waals surface area contributed by atoms with Crippen LogP contribution in [-0.4, -0.2) is 15.8 Å². The maximum Gasteiger partial charge on any atom is 0.321 e. The van der Waals surface area contributed by atoms with Gasteiger partial charge in [0.05, 0.1) is 5.02 Å². The molecule has 0 saturated heterocycles. The van der Waals surface area contributed by atoms with Crippen LogP contribution in [0.15, 0.2) is 36.7 Å². The number of carbonyl (C=O) groups excluding carboxylic acids is 1. The van der Waals surface area contributed by atoms with E-state index in [1.807, 2.05) is 0 Å². The number of nitrogens with zero attached hydrogens (tertiary/aromatic N) is 2. The first-order chi connectivity index (χ1) is 8.16. The zero-order valence-electron chi connectivity index (χ0n) is 9.05. The maximum absolute atomic E-state index is 11.1. The number of hydrogen-bond donors (Lipinski definition) is 0. The first-order valence-corrected chi connectivity index (χ1v) is 5.30. The molecule has 0 bridgehead atoms. The Balaban J connectivity index is 2.26. The minimum atomic E-state index is -0.0468. The molecule has 0 atom stereocenters. The van der Waals surface area contributed by atoms with Crippen LogP contribution in [0.2, 0.25) is 5.02 Å². The van der Waals surface area contributed by atoms with Gasteiger partial charge in [0, 0.05) is 18.0 Å². The second-order valence-electron chi connectivity index (χ2n) is 3.33. The predicted octanol–water partition coefficient (Wildman–Crippen LogP) is 3.12. The molecule has 17 heavy (non-hydrogen) atoms. The maximum atomic E-state index is 11.1. The van der Waals surface area contributed by atoms with Crippen molar-refractivity contribution in [3.63, 3.8) is 0 Å². The predicted molar refractivity (Wildman–Crippen MR) is 63.6 cm³/mol. The lowest BCUT2D eigenvalue weighted by atomic mass is 10.1. The molecule has 0 unspecified atom stereocenters. The number of Topliss-reactive ketones (excluding diaryl/α,β-unsaturated/α-hetero) is 1. The molecule has 0 aliphatic heterocycles. The van der Waals surface area contributed by atoms with E-state index in [4.69, 9.17) is 16.3 Å². The van der Waals surface area contributed by atoms with Gasteiger partial charge < -0.3 is 4.74 Å². The smallest absolute Gasteiger partial charge is 0.321 e. The standard InChI is InChI=1S/C12H9ClN2O2/c1-8(16)9-3-4-11(10(13)7-9)17-12-14-5-2-6-15-12/h2-7H,1H3. The zero-order chi connectivity index (χ0) is 12.3. The number of ether oxygens (including phenoxy) is 1. The molecule has 0 N–H and O–H groups in total. The van der Waals surface area contributed by atoms with Gasteiger partial charge in [-0.25, -0.2) is 9.97 Å². The van der Waals surface area contributed by atoms with Crippen molar-refractivity contribution in [2.24, 2.45) is 0 Å². The van der Waals surface area contributed by atoms with Crippen molar-refractivity contribution in [2.75, 3.05) is 0 Å². The van der Waals surface area contributed by atoms with Crippen molar-refractivity contribution in [3.05, 3.63) is 47.2 Å². The molecule has 0 radical (unpaired) electrons. The van der Waals surface area contributed by atoms with Crippen LogP contribution in [0.1, 0.15) is 17.3 Å².